The number of aromatic nitrogens is 1. The Hall–Kier alpha value is -3.56. The highest BCUT2D eigenvalue weighted by Crippen LogP contribution is 2.35. The van der Waals surface area contributed by atoms with Gasteiger partial charge in [0.05, 0.1) is 15.6 Å². The summed E-state index contributed by atoms with van der Waals surface area (Å²) in [5, 5.41) is 17.1. The van der Waals surface area contributed by atoms with Crippen LogP contribution in [0.2, 0.25) is 15.1 Å². The molecule has 0 saturated heterocycles. The normalized spacial score (nSPS) is 11.0. The van der Waals surface area contributed by atoms with Gasteiger partial charge in [0.15, 0.2) is 16.5 Å². The van der Waals surface area contributed by atoms with E-state index in [1.165, 1.54) is 12.1 Å². The number of halogens is 3. The molecule has 1 amide bonds. The number of carbonyl (C=O) groups is 1. The Morgan fingerprint density at radius 3 is 2.58 bits per heavy atom. The summed E-state index contributed by atoms with van der Waals surface area (Å²) in [5.41, 5.74) is 2.49. The Labute approximate surface area is 224 Å². The average molecular weight is 559 g/mol. The molecule has 5 rings (SSSR count). The Morgan fingerprint density at radius 2 is 1.78 bits per heavy atom. The number of amides is 1. The molecule has 0 aliphatic heterocycles. The summed E-state index contributed by atoms with van der Waals surface area (Å²) in [6, 6.07) is 18.0. The molecule has 180 valence electrons. The van der Waals surface area contributed by atoms with Gasteiger partial charge in [-0.05, 0) is 66.8 Å². The monoisotopic (exact) mass is 557 g/mol. The minimum atomic E-state index is -0.567. The second kappa shape index (κ2) is 9.83. The van der Waals surface area contributed by atoms with Gasteiger partial charge in [0.25, 0.3) is 5.91 Å². The summed E-state index contributed by atoms with van der Waals surface area (Å²) < 4.78 is 11.3. The summed E-state index contributed by atoms with van der Waals surface area (Å²) in [6.07, 6.45) is 0. The van der Waals surface area contributed by atoms with Gasteiger partial charge in [-0.3, -0.25) is 10.1 Å². The van der Waals surface area contributed by atoms with E-state index in [-0.39, 0.29) is 22.5 Å². The zero-order valence-corrected chi connectivity index (χ0v) is 21.1. The van der Waals surface area contributed by atoms with Crippen molar-refractivity contribution in [2.45, 2.75) is 0 Å². The highest BCUT2D eigenvalue weighted by molar-refractivity contribution is 7.80. The summed E-state index contributed by atoms with van der Waals surface area (Å²) in [6.45, 7) is 0. The Bertz CT molecular complexity index is 1650. The molecule has 0 unspecified atom stereocenters. The molecule has 0 aliphatic rings. The van der Waals surface area contributed by atoms with Crippen molar-refractivity contribution in [3.05, 3.63) is 87.6 Å². The SMILES string of the molecule is O=C(NC(=S)Nc1ccc(-c2nc3cc(Cl)ccc3o2)c(O)c1)c1ccc(-c2cccc(Cl)c2Cl)o1. The molecule has 5 aromatic rings. The average Bonchev–Trinajstić information content (AvgIpc) is 3.48. The molecular weight excluding hydrogens is 545 g/mol. The number of fused-ring (bicyclic) bond motifs is 1. The third-order valence-electron chi connectivity index (χ3n) is 5.11. The maximum Gasteiger partial charge on any atom is 0.293 e. The lowest BCUT2D eigenvalue weighted by Gasteiger charge is -2.10. The Morgan fingerprint density at radius 1 is 0.944 bits per heavy atom. The molecule has 2 heterocycles. The number of phenols is 1. The van der Waals surface area contributed by atoms with Crippen molar-refractivity contribution < 1.29 is 18.7 Å². The molecule has 0 aliphatic carbocycles. The molecule has 3 N–H and O–H groups in total. The fraction of sp³-hybridized carbons (Fsp3) is 0. The fourth-order valence-corrected chi connectivity index (χ4v) is 4.20. The van der Waals surface area contributed by atoms with Crippen LogP contribution in [0.25, 0.3) is 33.9 Å². The standard InChI is InChI=1S/C25H14Cl3N3O4S/c26-12-4-7-20-17(10-12)30-24(35-20)14-6-5-13(11-18(14)32)29-25(36)31-23(33)21-9-8-19(34-21)15-2-1-3-16(27)22(15)28/h1-11,32H,(H2,29,31,33,36). The first-order valence-electron chi connectivity index (χ1n) is 10.3. The number of nitrogens with zero attached hydrogens (tertiary/aromatic N) is 1. The van der Waals surface area contributed by atoms with E-state index in [1.54, 1.807) is 54.6 Å². The highest BCUT2D eigenvalue weighted by atomic mass is 35.5. The molecule has 36 heavy (non-hydrogen) atoms. The topological polar surface area (TPSA) is 101 Å². The van der Waals surface area contributed by atoms with Crippen LogP contribution in [0.1, 0.15) is 10.6 Å². The third-order valence-corrected chi connectivity index (χ3v) is 6.37. The number of anilines is 1. The summed E-state index contributed by atoms with van der Waals surface area (Å²) in [4.78, 5) is 16.9. The van der Waals surface area contributed by atoms with Gasteiger partial charge in [0, 0.05) is 22.3 Å². The smallest absolute Gasteiger partial charge is 0.293 e. The Kier molecular flexibility index (Phi) is 6.59. The quantitative estimate of drug-likeness (QED) is 0.196. The van der Waals surface area contributed by atoms with Gasteiger partial charge in [0.1, 0.15) is 17.0 Å². The van der Waals surface area contributed by atoms with Crippen LogP contribution in [0.3, 0.4) is 0 Å². The number of hydrogen-bond acceptors (Lipinski definition) is 6. The summed E-state index contributed by atoms with van der Waals surface area (Å²) >= 11 is 23.5. The van der Waals surface area contributed by atoms with Crippen LogP contribution >= 0.6 is 47.0 Å². The van der Waals surface area contributed by atoms with Gasteiger partial charge in [0.2, 0.25) is 5.89 Å². The van der Waals surface area contributed by atoms with Gasteiger partial charge in [-0.25, -0.2) is 4.98 Å². The number of nitrogens with one attached hydrogen (secondary N) is 2. The van der Waals surface area contributed by atoms with E-state index in [4.69, 9.17) is 55.9 Å². The number of carbonyl (C=O) groups excluding carboxylic acids is 1. The van der Waals surface area contributed by atoms with Crippen molar-refractivity contribution >= 4 is 74.8 Å². The minimum Gasteiger partial charge on any atom is -0.507 e. The number of furan rings is 1. The van der Waals surface area contributed by atoms with Crippen LogP contribution in [0.5, 0.6) is 5.75 Å². The van der Waals surface area contributed by atoms with Gasteiger partial charge >= 0.3 is 0 Å². The first-order chi connectivity index (χ1) is 17.3. The van der Waals surface area contributed by atoms with Crippen molar-refractivity contribution in [1.82, 2.24) is 10.3 Å². The first-order valence-corrected chi connectivity index (χ1v) is 11.9. The predicted molar refractivity (Wildman–Crippen MR) is 144 cm³/mol. The second-order valence-electron chi connectivity index (χ2n) is 7.54. The van der Waals surface area contributed by atoms with Crippen LogP contribution < -0.4 is 10.6 Å². The van der Waals surface area contributed by atoms with Gasteiger partial charge in [-0.1, -0.05) is 40.9 Å². The van der Waals surface area contributed by atoms with Crippen LogP contribution in [0.15, 0.2) is 75.6 Å². The second-order valence-corrected chi connectivity index (χ2v) is 9.17. The van der Waals surface area contributed by atoms with E-state index in [1.807, 2.05) is 0 Å². The zero-order chi connectivity index (χ0) is 25.4. The minimum absolute atomic E-state index is 0.00221. The molecule has 0 atom stereocenters. The number of thiocarbonyl (C=S) groups is 1. The van der Waals surface area contributed by atoms with Crippen molar-refractivity contribution in [2.75, 3.05) is 5.32 Å². The van der Waals surface area contributed by atoms with Gasteiger partial charge in [-0.15, -0.1) is 0 Å². The van der Waals surface area contributed by atoms with E-state index in [2.05, 4.69) is 15.6 Å². The lowest BCUT2D eigenvalue weighted by molar-refractivity contribution is 0.0951. The van der Waals surface area contributed by atoms with Gasteiger partial charge < -0.3 is 19.3 Å². The maximum atomic E-state index is 12.6. The largest absolute Gasteiger partial charge is 0.507 e. The molecule has 0 bridgehead atoms. The predicted octanol–water partition coefficient (Wildman–Crippen LogP) is 7.55. The molecule has 11 heteroatoms. The van der Waals surface area contributed by atoms with Crippen molar-refractivity contribution in [3.8, 4) is 28.5 Å². The number of rotatable bonds is 4. The maximum absolute atomic E-state index is 12.6. The van der Waals surface area contributed by atoms with Crippen molar-refractivity contribution in [3.63, 3.8) is 0 Å². The van der Waals surface area contributed by atoms with Crippen molar-refractivity contribution in [1.29, 1.82) is 0 Å². The highest BCUT2D eigenvalue weighted by Gasteiger charge is 2.17. The van der Waals surface area contributed by atoms with Crippen LogP contribution in [-0.4, -0.2) is 21.1 Å². The summed E-state index contributed by atoms with van der Waals surface area (Å²) in [5.74, 6) is -0.0164. The van der Waals surface area contributed by atoms with E-state index in [0.717, 1.165) is 0 Å². The molecule has 0 spiro atoms. The molecule has 0 fully saturated rings. The molecule has 3 aromatic carbocycles. The van der Waals surface area contributed by atoms with Gasteiger partial charge in [-0.2, -0.15) is 0 Å². The lowest BCUT2D eigenvalue weighted by atomic mass is 10.2. The van der Waals surface area contributed by atoms with E-state index in [9.17, 15) is 9.90 Å². The van der Waals surface area contributed by atoms with E-state index < -0.39 is 5.91 Å². The third kappa shape index (κ3) is 4.89. The lowest BCUT2D eigenvalue weighted by Crippen LogP contribution is -2.33. The van der Waals surface area contributed by atoms with Crippen LogP contribution in [0, 0.1) is 0 Å². The van der Waals surface area contributed by atoms with E-state index in [0.29, 0.717) is 48.7 Å². The number of phenolic OH excluding ortho intramolecular Hbond substituents is 1. The zero-order valence-electron chi connectivity index (χ0n) is 18.0. The van der Waals surface area contributed by atoms with E-state index >= 15 is 0 Å². The molecule has 0 radical (unpaired) electrons. The molecular formula is C25H14Cl3N3O4S. The number of hydrogen-bond donors (Lipinski definition) is 3. The first kappa shape index (κ1) is 24.1. The molecule has 7 nitrogen and oxygen atoms in total. The molecule has 0 saturated carbocycles. The molecule has 2 aromatic heterocycles. The van der Waals surface area contributed by atoms with Crippen LogP contribution in [-0.2, 0) is 0 Å². The number of benzene rings is 3. The number of oxazole rings is 1. The number of aromatic hydroxyl groups is 1. The Balaban J connectivity index is 1.27. The summed E-state index contributed by atoms with van der Waals surface area (Å²) in [7, 11) is 0. The fourth-order valence-electron chi connectivity index (χ4n) is 3.43. The van der Waals surface area contributed by atoms with Crippen molar-refractivity contribution in [2.24, 2.45) is 0 Å². The van der Waals surface area contributed by atoms with Crippen LogP contribution in [0.4, 0.5) is 5.69 Å².